The Morgan fingerprint density at radius 2 is 2.07 bits per heavy atom. The number of pyridine rings is 1. The van der Waals surface area contributed by atoms with E-state index in [-0.39, 0.29) is 18.2 Å². The highest BCUT2D eigenvalue weighted by Gasteiger charge is 2.36. The van der Waals surface area contributed by atoms with Crippen LogP contribution in [0.25, 0.3) is 11.3 Å². The van der Waals surface area contributed by atoms with E-state index in [1.165, 1.54) is 11.3 Å². The highest BCUT2D eigenvalue weighted by atomic mass is 32.1. The van der Waals surface area contributed by atoms with Gasteiger partial charge in [0.1, 0.15) is 13.2 Å². The molecular formula is C21H18N4O4S. The quantitative estimate of drug-likeness (QED) is 0.695. The first-order valence-corrected chi connectivity index (χ1v) is 10.4. The summed E-state index contributed by atoms with van der Waals surface area (Å²) >= 11 is 1.35. The minimum atomic E-state index is -0.448. The van der Waals surface area contributed by atoms with Crippen molar-refractivity contribution in [1.29, 1.82) is 0 Å². The van der Waals surface area contributed by atoms with Crippen molar-refractivity contribution in [3.05, 3.63) is 48.1 Å². The summed E-state index contributed by atoms with van der Waals surface area (Å²) in [6.45, 7) is 1.30. The molecular weight excluding hydrogens is 404 g/mol. The van der Waals surface area contributed by atoms with Crippen LogP contribution in [0.5, 0.6) is 11.5 Å². The fourth-order valence-electron chi connectivity index (χ4n) is 3.52. The molecule has 0 saturated carbocycles. The van der Waals surface area contributed by atoms with Crippen LogP contribution in [0.15, 0.2) is 48.1 Å². The minimum absolute atomic E-state index is 0.0954. The van der Waals surface area contributed by atoms with E-state index < -0.39 is 5.92 Å². The molecule has 1 atom stereocenters. The molecule has 0 unspecified atom stereocenters. The van der Waals surface area contributed by atoms with Crippen molar-refractivity contribution in [2.24, 2.45) is 5.92 Å². The van der Waals surface area contributed by atoms with E-state index in [0.717, 1.165) is 11.3 Å². The van der Waals surface area contributed by atoms with Crippen molar-refractivity contribution < 1.29 is 19.1 Å². The Bertz CT molecular complexity index is 1100. The maximum absolute atomic E-state index is 12.7. The van der Waals surface area contributed by atoms with Crippen LogP contribution >= 0.6 is 11.3 Å². The van der Waals surface area contributed by atoms with Crippen LogP contribution in [0.2, 0.25) is 0 Å². The average molecular weight is 422 g/mol. The second-order valence-electron chi connectivity index (χ2n) is 7.00. The lowest BCUT2D eigenvalue weighted by Crippen LogP contribution is -2.28. The molecule has 1 aromatic carbocycles. The molecule has 1 N–H and O–H groups in total. The molecule has 0 aliphatic carbocycles. The number of anilines is 2. The molecule has 2 aliphatic rings. The molecule has 8 nitrogen and oxygen atoms in total. The van der Waals surface area contributed by atoms with Crippen molar-refractivity contribution >= 4 is 34.0 Å². The molecule has 2 aliphatic heterocycles. The fraction of sp³-hybridized carbons (Fsp3) is 0.238. The van der Waals surface area contributed by atoms with Gasteiger partial charge in [-0.05, 0) is 24.3 Å². The van der Waals surface area contributed by atoms with Gasteiger partial charge in [0, 0.05) is 48.1 Å². The van der Waals surface area contributed by atoms with Gasteiger partial charge in [0.15, 0.2) is 16.6 Å². The van der Waals surface area contributed by atoms with E-state index in [1.54, 1.807) is 29.4 Å². The molecule has 9 heteroatoms. The molecule has 2 aromatic heterocycles. The predicted octanol–water partition coefficient (Wildman–Crippen LogP) is 2.97. The molecule has 4 heterocycles. The Labute approximate surface area is 176 Å². The number of nitrogens with zero attached hydrogens (tertiary/aromatic N) is 3. The third-order valence-electron chi connectivity index (χ3n) is 5.02. The zero-order valence-corrected chi connectivity index (χ0v) is 16.7. The lowest BCUT2D eigenvalue weighted by atomic mass is 10.1. The molecule has 0 spiro atoms. The summed E-state index contributed by atoms with van der Waals surface area (Å²) in [4.78, 5) is 35.4. The third kappa shape index (κ3) is 3.59. The number of rotatable bonds is 4. The number of hydrogen-bond donors (Lipinski definition) is 1. The number of carbonyl (C=O) groups excluding carboxylic acids is 2. The Morgan fingerprint density at radius 1 is 1.20 bits per heavy atom. The van der Waals surface area contributed by atoms with Crippen LogP contribution < -0.4 is 19.7 Å². The molecule has 3 aromatic rings. The molecule has 2 amide bonds. The minimum Gasteiger partial charge on any atom is -0.486 e. The average Bonchev–Trinajstić information content (AvgIpc) is 3.41. The van der Waals surface area contributed by atoms with Gasteiger partial charge in [-0.3, -0.25) is 14.6 Å². The number of fused-ring (bicyclic) bond motifs is 1. The fourth-order valence-corrected chi connectivity index (χ4v) is 4.24. The summed E-state index contributed by atoms with van der Waals surface area (Å²) < 4.78 is 11.1. The number of benzene rings is 1. The van der Waals surface area contributed by atoms with Crippen molar-refractivity contribution in [3.63, 3.8) is 0 Å². The van der Waals surface area contributed by atoms with E-state index in [1.807, 2.05) is 23.6 Å². The van der Waals surface area contributed by atoms with Crippen LogP contribution in [0.1, 0.15) is 6.42 Å². The number of thiazole rings is 1. The first-order chi connectivity index (χ1) is 14.7. The molecule has 30 heavy (non-hydrogen) atoms. The molecule has 152 valence electrons. The van der Waals surface area contributed by atoms with Gasteiger partial charge < -0.3 is 19.7 Å². The number of ether oxygens (including phenoxy) is 2. The third-order valence-corrected chi connectivity index (χ3v) is 5.78. The normalized spacial score (nSPS) is 17.8. The van der Waals surface area contributed by atoms with E-state index in [2.05, 4.69) is 15.3 Å². The summed E-state index contributed by atoms with van der Waals surface area (Å²) in [6, 6.07) is 9.14. The van der Waals surface area contributed by atoms with Gasteiger partial charge in [0.25, 0.3) is 0 Å². The van der Waals surface area contributed by atoms with Crippen LogP contribution in [0, 0.1) is 5.92 Å². The van der Waals surface area contributed by atoms with Crippen molar-refractivity contribution in [2.45, 2.75) is 6.42 Å². The van der Waals surface area contributed by atoms with Crippen LogP contribution in [-0.2, 0) is 9.59 Å². The predicted molar refractivity (Wildman–Crippen MR) is 112 cm³/mol. The topological polar surface area (TPSA) is 93.7 Å². The Balaban J connectivity index is 1.26. The Morgan fingerprint density at radius 3 is 2.90 bits per heavy atom. The van der Waals surface area contributed by atoms with Gasteiger partial charge in [-0.25, -0.2) is 4.98 Å². The number of nitrogens with one attached hydrogen (secondary N) is 1. The van der Waals surface area contributed by atoms with Crippen molar-refractivity contribution in [1.82, 2.24) is 9.97 Å². The van der Waals surface area contributed by atoms with Gasteiger partial charge in [0.2, 0.25) is 11.8 Å². The smallest absolute Gasteiger partial charge is 0.231 e. The number of amides is 2. The van der Waals surface area contributed by atoms with Crippen LogP contribution in [-0.4, -0.2) is 41.5 Å². The van der Waals surface area contributed by atoms with E-state index in [9.17, 15) is 9.59 Å². The second-order valence-corrected chi connectivity index (χ2v) is 7.86. The highest BCUT2D eigenvalue weighted by molar-refractivity contribution is 7.14. The number of aromatic nitrogens is 2. The molecule has 1 fully saturated rings. The summed E-state index contributed by atoms with van der Waals surface area (Å²) in [5, 5.41) is 5.21. The summed E-state index contributed by atoms with van der Waals surface area (Å²) in [6.07, 6.45) is 3.58. The summed E-state index contributed by atoms with van der Waals surface area (Å²) in [7, 11) is 0. The SMILES string of the molecule is O=C(Nc1nc(-c2cccnc2)cs1)[C@H]1CC(=O)N(c2ccc3c(c2)OCCO3)C1. The summed E-state index contributed by atoms with van der Waals surface area (Å²) in [5.74, 6) is 0.526. The van der Waals surface area contributed by atoms with Crippen LogP contribution in [0.3, 0.4) is 0 Å². The summed E-state index contributed by atoms with van der Waals surface area (Å²) in [5.41, 5.74) is 2.34. The van der Waals surface area contributed by atoms with Crippen molar-refractivity contribution in [2.75, 3.05) is 30.0 Å². The highest BCUT2D eigenvalue weighted by Crippen LogP contribution is 2.36. The lowest BCUT2D eigenvalue weighted by Gasteiger charge is -2.22. The second kappa shape index (κ2) is 7.75. The van der Waals surface area contributed by atoms with Gasteiger partial charge >= 0.3 is 0 Å². The number of hydrogen-bond acceptors (Lipinski definition) is 7. The zero-order chi connectivity index (χ0) is 20.5. The van der Waals surface area contributed by atoms with Crippen molar-refractivity contribution in [3.8, 4) is 22.8 Å². The van der Waals surface area contributed by atoms with E-state index in [0.29, 0.717) is 42.1 Å². The Kier molecular flexibility index (Phi) is 4.80. The van der Waals surface area contributed by atoms with Gasteiger partial charge in [0.05, 0.1) is 11.6 Å². The molecule has 0 radical (unpaired) electrons. The van der Waals surface area contributed by atoms with Gasteiger partial charge in [-0.15, -0.1) is 11.3 Å². The first kappa shape index (κ1) is 18.6. The maximum atomic E-state index is 12.7. The number of carbonyl (C=O) groups is 2. The van der Waals surface area contributed by atoms with Crippen LogP contribution in [0.4, 0.5) is 10.8 Å². The first-order valence-electron chi connectivity index (χ1n) is 9.54. The van der Waals surface area contributed by atoms with Gasteiger partial charge in [-0.1, -0.05) is 0 Å². The largest absolute Gasteiger partial charge is 0.486 e. The van der Waals surface area contributed by atoms with E-state index in [4.69, 9.17) is 9.47 Å². The monoisotopic (exact) mass is 422 g/mol. The zero-order valence-electron chi connectivity index (χ0n) is 15.9. The van der Waals surface area contributed by atoms with Gasteiger partial charge in [-0.2, -0.15) is 0 Å². The molecule has 1 saturated heterocycles. The maximum Gasteiger partial charge on any atom is 0.231 e. The lowest BCUT2D eigenvalue weighted by molar-refractivity contribution is -0.122. The standard InChI is InChI=1S/C21H18N4O4S/c26-19-8-14(11-25(19)15-3-4-17-18(9-15)29-7-6-28-17)20(27)24-21-23-16(12-30-21)13-2-1-5-22-10-13/h1-5,9-10,12,14H,6-8,11H2,(H,23,24,27)/t14-/m0/s1. The molecule has 0 bridgehead atoms. The molecule has 5 rings (SSSR count). The Hall–Kier alpha value is -3.46. The van der Waals surface area contributed by atoms with E-state index >= 15 is 0 Å².